The van der Waals surface area contributed by atoms with Gasteiger partial charge in [0.15, 0.2) is 0 Å². The van der Waals surface area contributed by atoms with Crippen molar-refractivity contribution in [1.29, 1.82) is 0 Å². The molecule has 2 aromatic carbocycles. The largest absolute Gasteiger partial charge is 0.348 e. The van der Waals surface area contributed by atoms with Gasteiger partial charge < -0.3 is 5.32 Å². The molecule has 23 heavy (non-hydrogen) atoms. The van der Waals surface area contributed by atoms with E-state index in [-0.39, 0.29) is 16.7 Å². The van der Waals surface area contributed by atoms with E-state index < -0.39 is 10.0 Å². The molecule has 6 heteroatoms. The van der Waals surface area contributed by atoms with Crippen molar-refractivity contribution < 1.29 is 13.2 Å². The third-order valence-electron chi connectivity index (χ3n) is 3.53. The molecule has 1 amide bonds. The van der Waals surface area contributed by atoms with Crippen molar-refractivity contribution in [2.45, 2.75) is 31.2 Å². The van der Waals surface area contributed by atoms with Gasteiger partial charge in [-0.15, -0.1) is 0 Å². The molecule has 0 aliphatic rings. The number of nitrogens with two attached hydrogens (primary N) is 1. The number of nitrogens with one attached hydrogen (secondary N) is 1. The number of carbonyl (C=O) groups is 1. The molecule has 0 aliphatic heterocycles. The Bertz CT molecular complexity index is 797. The van der Waals surface area contributed by atoms with Gasteiger partial charge in [0.2, 0.25) is 10.0 Å². The zero-order valence-corrected chi connectivity index (χ0v) is 13.9. The zero-order chi connectivity index (χ0) is 17.0. The first kappa shape index (κ1) is 17.2. The van der Waals surface area contributed by atoms with Gasteiger partial charge in [-0.25, -0.2) is 13.6 Å². The highest BCUT2D eigenvalue weighted by Gasteiger charge is 2.13. The average Bonchev–Trinajstić information content (AvgIpc) is 2.52. The maximum atomic E-state index is 12.3. The molecule has 0 bridgehead atoms. The normalized spacial score (nSPS) is 11.5. The lowest BCUT2D eigenvalue weighted by Gasteiger charge is -2.12. The van der Waals surface area contributed by atoms with Crippen LogP contribution in [0.4, 0.5) is 0 Å². The lowest BCUT2D eigenvalue weighted by atomic mass is 9.97. The van der Waals surface area contributed by atoms with Crippen LogP contribution in [0.15, 0.2) is 53.4 Å². The Morgan fingerprint density at radius 2 is 1.70 bits per heavy atom. The van der Waals surface area contributed by atoms with Crippen molar-refractivity contribution in [3.05, 3.63) is 65.2 Å². The van der Waals surface area contributed by atoms with Crippen LogP contribution in [0.1, 0.15) is 41.3 Å². The summed E-state index contributed by atoms with van der Waals surface area (Å²) >= 11 is 0. The Labute approximate surface area is 136 Å². The number of amides is 1. The van der Waals surface area contributed by atoms with E-state index in [9.17, 15) is 13.2 Å². The fourth-order valence-electron chi connectivity index (χ4n) is 2.28. The first-order chi connectivity index (χ1) is 10.8. The molecule has 0 aliphatic carbocycles. The molecule has 0 fully saturated rings. The summed E-state index contributed by atoms with van der Waals surface area (Å²) in [5.41, 5.74) is 2.45. The van der Waals surface area contributed by atoms with Crippen LogP contribution in [0.25, 0.3) is 0 Å². The quantitative estimate of drug-likeness (QED) is 0.881. The van der Waals surface area contributed by atoms with E-state index >= 15 is 0 Å². The molecule has 0 aromatic heterocycles. The van der Waals surface area contributed by atoms with Crippen LogP contribution < -0.4 is 10.5 Å². The van der Waals surface area contributed by atoms with Crippen LogP contribution in [-0.2, 0) is 16.6 Å². The van der Waals surface area contributed by atoms with Crippen molar-refractivity contribution >= 4 is 15.9 Å². The minimum Gasteiger partial charge on any atom is -0.348 e. The molecule has 0 spiro atoms. The number of carbonyl (C=O) groups excluding carboxylic acids is 1. The smallest absolute Gasteiger partial charge is 0.251 e. The van der Waals surface area contributed by atoms with Crippen LogP contribution in [-0.4, -0.2) is 14.3 Å². The molecule has 0 unspecified atom stereocenters. The van der Waals surface area contributed by atoms with Gasteiger partial charge in [0.1, 0.15) is 0 Å². The second-order valence-electron chi connectivity index (χ2n) is 5.61. The van der Waals surface area contributed by atoms with E-state index in [1.807, 2.05) is 32.0 Å². The molecule has 3 N–H and O–H groups in total. The van der Waals surface area contributed by atoms with Crippen molar-refractivity contribution in [2.75, 3.05) is 0 Å². The highest BCUT2D eigenvalue weighted by Crippen LogP contribution is 2.19. The molecular formula is C17H20N2O3S. The Morgan fingerprint density at radius 3 is 2.26 bits per heavy atom. The van der Waals surface area contributed by atoms with Crippen molar-refractivity contribution in [3.63, 3.8) is 0 Å². The first-order valence-electron chi connectivity index (χ1n) is 7.28. The topological polar surface area (TPSA) is 89.3 Å². The molecule has 5 nitrogen and oxygen atoms in total. The van der Waals surface area contributed by atoms with Crippen molar-refractivity contribution in [1.82, 2.24) is 5.32 Å². The highest BCUT2D eigenvalue weighted by atomic mass is 32.2. The van der Waals surface area contributed by atoms with Crippen molar-refractivity contribution in [3.8, 4) is 0 Å². The molecular weight excluding hydrogens is 312 g/mol. The SMILES string of the molecule is CC(C)c1ccccc1C(=O)NCc1ccc(S(N)(=O)=O)cc1. The summed E-state index contributed by atoms with van der Waals surface area (Å²) in [7, 11) is -3.70. The molecule has 2 rings (SSSR count). The fraction of sp³-hybridized carbons (Fsp3) is 0.235. The number of sulfonamides is 1. The van der Waals surface area contributed by atoms with E-state index in [4.69, 9.17) is 5.14 Å². The van der Waals surface area contributed by atoms with Crippen LogP contribution in [0.2, 0.25) is 0 Å². The summed E-state index contributed by atoms with van der Waals surface area (Å²) in [4.78, 5) is 12.4. The minimum absolute atomic E-state index is 0.0535. The van der Waals surface area contributed by atoms with Gasteiger partial charge in [0.25, 0.3) is 5.91 Å². The van der Waals surface area contributed by atoms with E-state index in [1.54, 1.807) is 18.2 Å². The summed E-state index contributed by atoms with van der Waals surface area (Å²) in [6.07, 6.45) is 0. The van der Waals surface area contributed by atoms with Crippen LogP contribution in [0, 0.1) is 0 Å². The minimum atomic E-state index is -3.70. The van der Waals surface area contributed by atoms with E-state index in [0.717, 1.165) is 11.1 Å². The Hall–Kier alpha value is -2.18. The molecule has 0 saturated heterocycles. The molecule has 2 aromatic rings. The maximum absolute atomic E-state index is 12.3. The standard InChI is InChI=1S/C17H20N2O3S/c1-12(2)15-5-3-4-6-16(15)17(20)19-11-13-7-9-14(10-8-13)23(18,21)22/h3-10,12H,11H2,1-2H3,(H,19,20)(H2,18,21,22). The second kappa shape index (κ2) is 6.93. The monoisotopic (exact) mass is 332 g/mol. The zero-order valence-electron chi connectivity index (χ0n) is 13.1. The fourth-order valence-corrected chi connectivity index (χ4v) is 2.80. The predicted octanol–water partition coefficient (Wildman–Crippen LogP) is 2.39. The molecule has 122 valence electrons. The number of rotatable bonds is 5. The van der Waals surface area contributed by atoms with E-state index in [0.29, 0.717) is 12.1 Å². The van der Waals surface area contributed by atoms with Crippen LogP contribution in [0.5, 0.6) is 0 Å². The Balaban J connectivity index is 2.08. The number of benzene rings is 2. The summed E-state index contributed by atoms with van der Waals surface area (Å²) in [6, 6.07) is 13.6. The highest BCUT2D eigenvalue weighted by molar-refractivity contribution is 7.89. The second-order valence-corrected chi connectivity index (χ2v) is 7.18. The average molecular weight is 332 g/mol. The van der Waals surface area contributed by atoms with Crippen LogP contribution >= 0.6 is 0 Å². The Morgan fingerprint density at radius 1 is 1.09 bits per heavy atom. The lowest BCUT2D eigenvalue weighted by Crippen LogP contribution is -2.24. The van der Waals surface area contributed by atoms with Gasteiger partial charge in [0, 0.05) is 12.1 Å². The predicted molar refractivity (Wildman–Crippen MR) is 89.5 cm³/mol. The van der Waals surface area contributed by atoms with Gasteiger partial charge in [-0.3, -0.25) is 4.79 Å². The molecule has 0 saturated carbocycles. The van der Waals surface area contributed by atoms with Gasteiger partial charge in [0.05, 0.1) is 4.90 Å². The number of primary sulfonamides is 1. The van der Waals surface area contributed by atoms with Gasteiger partial charge in [-0.2, -0.15) is 0 Å². The van der Waals surface area contributed by atoms with E-state index in [2.05, 4.69) is 5.32 Å². The summed E-state index contributed by atoms with van der Waals surface area (Å²) in [5.74, 6) is 0.107. The maximum Gasteiger partial charge on any atom is 0.251 e. The molecule has 0 atom stereocenters. The van der Waals surface area contributed by atoms with E-state index in [1.165, 1.54) is 12.1 Å². The summed E-state index contributed by atoms with van der Waals surface area (Å²) in [6.45, 7) is 4.40. The Kier molecular flexibility index (Phi) is 5.18. The lowest BCUT2D eigenvalue weighted by molar-refractivity contribution is 0.0949. The summed E-state index contributed by atoms with van der Waals surface area (Å²) in [5, 5.41) is 7.90. The van der Waals surface area contributed by atoms with Gasteiger partial charge >= 0.3 is 0 Å². The number of hydrogen-bond acceptors (Lipinski definition) is 3. The van der Waals surface area contributed by atoms with Crippen molar-refractivity contribution in [2.24, 2.45) is 5.14 Å². The number of hydrogen-bond donors (Lipinski definition) is 2. The first-order valence-corrected chi connectivity index (χ1v) is 8.82. The summed E-state index contributed by atoms with van der Waals surface area (Å²) < 4.78 is 22.4. The van der Waals surface area contributed by atoms with Gasteiger partial charge in [-0.05, 0) is 35.2 Å². The molecule has 0 radical (unpaired) electrons. The third kappa shape index (κ3) is 4.40. The van der Waals surface area contributed by atoms with Gasteiger partial charge in [-0.1, -0.05) is 44.2 Å². The molecule has 0 heterocycles. The van der Waals surface area contributed by atoms with Crippen LogP contribution in [0.3, 0.4) is 0 Å². The third-order valence-corrected chi connectivity index (χ3v) is 4.46.